The molecule has 2 aromatic rings. The van der Waals surface area contributed by atoms with E-state index in [-0.39, 0.29) is 16.4 Å². The van der Waals surface area contributed by atoms with E-state index < -0.39 is 10.0 Å². The molecule has 0 fully saturated rings. The molecule has 0 aliphatic heterocycles. The zero-order chi connectivity index (χ0) is 16.9. The molecule has 3 N–H and O–H groups in total. The first-order valence-electron chi connectivity index (χ1n) is 6.18. The zero-order valence-electron chi connectivity index (χ0n) is 12.8. The summed E-state index contributed by atoms with van der Waals surface area (Å²) >= 11 is 3.24. The summed E-state index contributed by atoms with van der Waals surface area (Å²) < 4.78 is 28.1. The normalized spacial score (nSPS) is 11.2. The van der Waals surface area contributed by atoms with Gasteiger partial charge in [0, 0.05) is 6.20 Å². The van der Waals surface area contributed by atoms with Crippen LogP contribution in [-0.2, 0) is 10.0 Å². The molecule has 2 aromatic heterocycles. The van der Waals surface area contributed by atoms with Crippen molar-refractivity contribution in [1.82, 2.24) is 24.4 Å². The third kappa shape index (κ3) is 5.05. The van der Waals surface area contributed by atoms with E-state index in [1.165, 1.54) is 30.2 Å². The Kier molecular flexibility index (Phi) is 6.48. The number of anilines is 1. The Hall–Kier alpha value is -1.49. The van der Waals surface area contributed by atoms with Crippen LogP contribution in [0.2, 0.25) is 0 Å². The molecule has 0 saturated heterocycles. The summed E-state index contributed by atoms with van der Waals surface area (Å²) in [5.41, 5.74) is 5.83. The first-order valence-corrected chi connectivity index (χ1v) is 8.45. The van der Waals surface area contributed by atoms with Crippen molar-refractivity contribution >= 4 is 31.6 Å². The predicted octanol–water partition coefficient (Wildman–Crippen LogP) is 0.698. The Labute approximate surface area is 138 Å². The summed E-state index contributed by atoms with van der Waals surface area (Å²) in [6.07, 6.45) is 4.51. The molecule has 0 aliphatic carbocycles. The smallest absolute Gasteiger partial charge is 0.244 e. The maximum Gasteiger partial charge on any atom is 0.244 e. The van der Waals surface area contributed by atoms with E-state index in [4.69, 9.17) is 5.73 Å². The minimum atomic E-state index is -3.66. The second-order valence-corrected chi connectivity index (χ2v) is 7.51. The van der Waals surface area contributed by atoms with Crippen molar-refractivity contribution in [3.05, 3.63) is 29.1 Å². The zero-order valence-corrected chi connectivity index (χ0v) is 15.2. The Morgan fingerprint density at radius 2 is 1.91 bits per heavy atom. The Balaban J connectivity index is 0.000000541. The van der Waals surface area contributed by atoms with Gasteiger partial charge in [-0.25, -0.2) is 22.8 Å². The van der Waals surface area contributed by atoms with Crippen molar-refractivity contribution in [2.45, 2.75) is 4.90 Å². The summed E-state index contributed by atoms with van der Waals surface area (Å²) in [5, 5.41) is 4.00. The van der Waals surface area contributed by atoms with Crippen LogP contribution in [0.1, 0.15) is 0 Å². The molecule has 122 valence electrons. The lowest BCUT2D eigenvalue weighted by atomic mass is 10.4. The van der Waals surface area contributed by atoms with Gasteiger partial charge >= 0.3 is 0 Å². The topological polar surface area (TPSA) is 106 Å². The standard InChI is InChI=1S/C9H10BrN5O2S.C3H9N/c1-12-18(16,17)8-2-7(11)4-13-9(8)15-5-6(10)3-14-15;1-4(2)3/h2-5,12H,11H2,1H3;1-3H3. The minimum absolute atomic E-state index is 0.0272. The molecule has 10 heteroatoms. The SMILES string of the molecule is CN(C)C.CNS(=O)(=O)c1cc(N)cnc1-n1cc(Br)cn1. The molecule has 0 aromatic carbocycles. The molecule has 2 rings (SSSR count). The van der Waals surface area contributed by atoms with Gasteiger partial charge in [-0.3, -0.25) is 0 Å². The average Bonchev–Trinajstić information content (AvgIpc) is 2.84. The minimum Gasteiger partial charge on any atom is -0.397 e. The molecule has 0 radical (unpaired) electrons. The number of nitrogen functional groups attached to an aromatic ring is 1. The summed E-state index contributed by atoms with van der Waals surface area (Å²) in [4.78, 5) is 5.98. The van der Waals surface area contributed by atoms with E-state index in [0.717, 1.165) is 0 Å². The van der Waals surface area contributed by atoms with Crippen LogP contribution in [0.5, 0.6) is 0 Å². The van der Waals surface area contributed by atoms with Gasteiger partial charge in [0.25, 0.3) is 0 Å². The number of hydrogen-bond donors (Lipinski definition) is 2. The van der Waals surface area contributed by atoms with E-state index in [1.807, 2.05) is 26.0 Å². The maximum absolute atomic E-state index is 11.9. The van der Waals surface area contributed by atoms with Crippen molar-refractivity contribution < 1.29 is 8.42 Å². The van der Waals surface area contributed by atoms with Crippen LogP contribution in [0.3, 0.4) is 0 Å². The van der Waals surface area contributed by atoms with Crippen LogP contribution in [0.15, 0.2) is 34.0 Å². The van der Waals surface area contributed by atoms with Crippen molar-refractivity contribution in [2.75, 3.05) is 33.9 Å². The van der Waals surface area contributed by atoms with Crippen LogP contribution in [0.4, 0.5) is 5.69 Å². The first kappa shape index (κ1) is 18.6. The van der Waals surface area contributed by atoms with Crippen LogP contribution >= 0.6 is 15.9 Å². The lowest BCUT2D eigenvalue weighted by Gasteiger charge is -2.09. The fraction of sp³-hybridized carbons (Fsp3) is 0.333. The third-order valence-corrected chi connectivity index (χ3v) is 4.01. The maximum atomic E-state index is 11.9. The largest absolute Gasteiger partial charge is 0.397 e. The average molecular weight is 391 g/mol. The van der Waals surface area contributed by atoms with E-state index in [2.05, 4.69) is 30.7 Å². The number of sulfonamides is 1. The number of aromatic nitrogens is 3. The van der Waals surface area contributed by atoms with Crippen molar-refractivity contribution in [3.63, 3.8) is 0 Å². The summed E-state index contributed by atoms with van der Waals surface area (Å²) in [7, 11) is 3.66. The quantitative estimate of drug-likeness (QED) is 0.798. The summed E-state index contributed by atoms with van der Waals surface area (Å²) in [6, 6.07) is 1.34. The van der Waals surface area contributed by atoms with Gasteiger partial charge in [-0.1, -0.05) is 0 Å². The molecule has 22 heavy (non-hydrogen) atoms. The molecule has 0 bridgehead atoms. The fourth-order valence-electron chi connectivity index (χ4n) is 1.35. The molecular weight excluding hydrogens is 372 g/mol. The highest BCUT2D eigenvalue weighted by Crippen LogP contribution is 2.20. The van der Waals surface area contributed by atoms with Crippen LogP contribution in [0.25, 0.3) is 5.82 Å². The molecular formula is C12H19BrN6O2S. The third-order valence-electron chi connectivity index (χ3n) is 2.18. The molecule has 0 spiro atoms. The molecule has 0 saturated carbocycles. The van der Waals surface area contributed by atoms with E-state index in [9.17, 15) is 8.42 Å². The lowest BCUT2D eigenvalue weighted by molar-refractivity contribution is 0.505. The van der Waals surface area contributed by atoms with Crippen molar-refractivity contribution in [3.8, 4) is 5.82 Å². The van der Waals surface area contributed by atoms with Crippen molar-refractivity contribution in [1.29, 1.82) is 0 Å². The van der Waals surface area contributed by atoms with Gasteiger partial charge in [-0.2, -0.15) is 5.10 Å². The molecule has 0 amide bonds. The monoisotopic (exact) mass is 390 g/mol. The second-order valence-electron chi connectivity index (χ2n) is 4.74. The number of pyridine rings is 1. The highest BCUT2D eigenvalue weighted by Gasteiger charge is 2.20. The molecule has 0 aliphatic rings. The number of nitrogens with two attached hydrogens (primary N) is 1. The van der Waals surface area contributed by atoms with Gasteiger partial charge in [0.2, 0.25) is 10.0 Å². The highest BCUT2D eigenvalue weighted by atomic mass is 79.9. The van der Waals surface area contributed by atoms with E-state index in [1.54, 1.807) is 6.20 Å². The highest BCUT2D eigenvalue weighted by molar-refractivity contribution is 9.10. The lowest BCUT2D eigenvalue weighted by Crippen LogP contribution is -2.21. The van der Waals surface area contributed by atoms with Crippen LogP contribution in [0, 0.1) is 0 Å². The Bertz CT molecular complexity index is 726. The first-order chi connectivity index (χ1) is 10.2. The molecule has 0 unspecified atom stereocenters. The van der Waals surface area contributed by atoms with Crippen LogP contribution in [-0.4, -0.2) is 56.3 Å². The number of nitrogens with zero attached hydrogens (tertiary/aromatic N) is 4. The van der Waals surface area contributed by atoms with Crippen LogP contribution < -0.4 is 10.5 Å². The molecule has 8 nitrogen and oxygen atoms in total. The van der Waals surface area contributed by atoms with E-state index in [0.29, 0.717) is 4.47 Å². The number of hydrogen-bond acceptors (Lipinski definition) is 6. The fourth-order valence-corrected chi connectivity index (χ4v) is 2.53. The van der Waals surface area contributed by atoms with Gasteiger partial charge in [-0.05, 0) is 50.2 Å². The van der Waals surface area contributed by atoms with Gasteiger partial charge in [0.05, 0.1) is 22.6 Å². The summed E-state index contributed by atoms with van der Waals surface area (Å²) in [5.74, 6) is 0.184. The van der Waals surface area contributed by atoms with Gasteiger partial charge in [0.15, 0.2) is 5.82 Å². The van der Waals surface area contributed by atoms with E-state index >= 15 is 0 Å². The molecule has 0 atom stereocenters. The number of rotatable bonds is 3. The predicted molar refractivity (Wildman–Crippen MR) is 89.3 cm³/mol. The second kappa shape index (κ2) is 7.68. The molecule has 2 heterocycles. The Morgan fingerprint density at radius 3 is 2.36 bits per heavy atom. The van der Waals surface area contributed by atoms with Gasteiger partial charge in [-0.15, -0.1) is 0 Å². The summed E-state index contributed by atoms with van der Waals surface area (Å²) in [6.45, 7) is 0. The number of halogens is 1. The van der Waals surface area contributed by atoms with Crippen molar-refractivity contribution in [2.24, 2.45) is 0 Å². The number of nitrogens with one attached hydrogen (secondary N) is 1. The van der Waals surface area contributed by atoms with Gasteiger partial charge < -0.3 is 10.6 Å². The van der Waals surface area contributed by atoms with Gasteiger partial charge in [0.1, 0.15) is 4.90 Å². The Morgan fingerprint density at radius 1 is 1.32 bits per heavy atom.